The fourth-order valence-electron chi connectivity index (χ4n) is 2.17. The number of aliphatic hydroxyl groups is 1. The summed E-state index contributed by atoms with van der Waals surface area (Å²) < 4.78 is 0. The molecule has 1 atom stereocenters. The molecule has 0 amide bonds. The summed E-state index contributed by atoms with van der Waals surface area (Å²) in [6.07, 6.45) is 3.67. The molecule has 1 aromatic carbocycles. The molecule has 0 aromatic heterocycles. The van der Waals surface area contributed by atoms with Crippen molar-refractivity contribution >= 4 is 5.69 Å². The van der Waals surface area contributed by atoms with E-state index in [0.717, 1.165) is 32.2 Å². The van der Waals surface area contributed by atoms with E-state index in [9.17, 15) is 5.11 Å². The number of rotatable bonds is 4. The number of nitrogens with one attached hydrogen (secondary N) is 1. The highest BCUT2D eigenvalue weighted by Gasteiger charge is 2.11. The molecule has 15 heavy (non-hydrogen) atoms. The van der Waals surface area contributed by atoms with E-state index in [1.165, 1.54) is 16.8 Å². The van der Waals surface area contributed by atoms with Gasteiger partial charge in [-0.3, -0.25) is 0 Å². The van der Waals surface area contributed by atoms with Gasteiger partial charge in [0.05, 0.1) is 6.10 Å². The third-order valence-corrected chi connectivity index (χ3v) is 2.98. The summed E-state index contributed by atoms with van der Waals surface area (Å²) in [5.41, 5.74) is 3.91. The van der Waals surface area contributed by atoms with Gasteiger partial charge in [-0.2, -0.15) is 0 Å². The van der Waals surface area contributed by atoms with Gasteiger partial charge in [0.2, 0.25) is 0 Å². The second-order valence-electron chi connectivity index (χ2n) is 4.31. The van der Waals surface area contributed by atoms with Crippen LogP contribution in [0.1, 0.15) is 30.9 Å². The first kappa shape index (κ1) is 10.5. The average molecular weight is 205 g/mol. The molecule has 0 saturated carbocycles. The van der Waals surface area contributed by atoms with Gasteiger partial charge in [-0.1, -0.05) is 25.5 Å². The summed E-state index contributed by atoms with van der Waals surface area (Å²) in [6, 6.07) is 6.51. The third kappa shape index (κ3) is 2.51. The number of aliphatic hydroxyl groups excluding tert-OH is 1. The maximum absolute atomic E-state index is 9.73. The Morgan fingerprint density at radius 3 is 3.13 bits per heavy atom. The Labute approximate surface area is 91.3 Å². The number of benzene rings is 1. The molecule has 2 rings (SSSR count). The van der Waals surface area contributed by atoms with E-state index in [1.807, 2.05) is 0 Å². The van der Waals surface area contributed by atoms with Crippen LogP contribution in [0.15, 0.2) is 18.2 Å². The molecule has 1 aliphatic rings. The monoisotopic (exact) mass is 205 g/mol. The fourth-order valence-corrected chi connectivity index (χ4v) is 2.17. The average Bonchev–Trinajstić information content (AvgIpc) is 2.65. The Balaban J connectivity index is 2.03. The minimum atomic E-state index is -0.186. The maximum Gasteiger partial charge on any atom is 0.0580 e. The van der Waals surface area contributed by atoms with E-state index in [0.29, 0.717) is 0 Å². The molecule has 0 aliphatic carbocycles. The van der Waals surface area contributed by atoms with Gasteiger partial charge in [0.15, 0.2) is 0 Å². The lowest BCUT2D eigenvalue weighted by atomic mass is 10.0. The minimum Gasteiger partial charge on any atom is -0.393 e. The lowest BCUT2D eigenvalue weighted by molar-refractivity contribution is 0.164. The van der Waals surface area contributed by atoms with Crippen LogP contribution in [0.4, 0.5) is 5.69 Å². The third-order valence-electron chi connectivity index (χ3n) is 2.98. The molecule has 1 unspecified atom stereocenters. The summed E-state index contributed by atoms with van der Waals surface area (Å²) in [5.74, 6) is 0. The Hall–Kier alpha value is -1.02. The van der Waals surface area contributed by atoms with Crippen molar-refractivity contribution in [3.63, 3.8) is 0 Å². The van der Waals surface area contributed by atoms with Crippen molar-refractivity contribution in [1.82, 2.24) is 0 Å². The lowest BCUT2D eigenvalue weighted by Crippen LogP contribution is -2.09. The van der Waals surface area contributed by atoms with Gasteiger partial charge in [0, 0.05) is 12.2 Å². The molecule has 1 aliphatic heterocycles. The normalized spacial score (nSPS) is 15.9. The van der Waals surface area contributed by atoms with E-state index < -0.39 is 0 Å². The van der Waals surface area contributed by atoms with Crippen molar-refractivity contribution in [1.29, 1.82) is 0 Å². The molecule has 1 aromatic rings. The molecule has 0 bridgehead atoms. The summed E-state index contributed by atoms with van der Waals surface area (Å²) in [5, 5.41) is 13.1. The van der Waals surface area contributed by atoms with Crippen molar-refractivity contribution in [2.75, 3.05) is 11.9 Å². The maximum atomic E-state index is 9.73. The number of hydrogen-bond donors (Lipinski definition) is 2. The molecular formula is C13H19NO. The van der Waals surface area contributed by atoms with Gasteiger partial charge in [-0.15, -0.1) is 0 Å². The van der Waals surface area contributed by atoms with Crippen LogP contribution in [0.25, 0.3) is 0 Å². The molecule has 82 valence electrons. The molecule has 2 N–H and O–H groups in total. The number of hydrogen-bond acceptors (Lipinski definition) is 2. The highest BCUT2D eigenvalue weighted by atomic mass is 16.3. The van der Waals surface area contributed by atoms with Crippen LogP contribution in [-0.4, -0.2) is 17.8 Å². The number of anilines is 1. The van der Waals surface area contributed by atoms with Gasteiger partial charge in [0.25, 0.3) is 0 Å². The van der Waals surface area contributed by atoms with E-state index >= 15 is 0 Å². The standard InChI is InChI=1S/C13H19NO/c1-2-3-12(15)8-10-4-5-11-6-7-14-13(11)9-10/h4-5,9,12,14-15H,2-3,6-8H2,1H3. The lowest BCUT2D eigenvalue weighted by Gasteiger charge is -2.10. The SMILES string of the molecule is CCCC(O)Cc1ccc2c(c1)NCC2. The Morgan fingerprint density at radius 1 is 1.47 bits per heavy atom. The van der Waals surface area contributed by atoms with E-state index in [-0.39, 0.29) is 6.10 Å². The molecule has 2 heteroatoms. The van der Waals surface area contributed by atoms with Crippen molar-refractivity contribution in [2.24, 2.45) is 0 Å². The van der Waals surface area contributed by atoms with Crippen molar-refractivity contribution in [3.05, 3.63) is 29.3 Å². The van der Waals surface area contributed by atoms with Crippen molar-refractivity contribution in [2.45, 2.75) is 38.7 Å². The summed E-state index contributed by atoms with van der Waals surface area (Å²) >= 11 is 0. The van der Waals surface area contributed by atoms with Crippen LogP contribution in [0, 0.1) is 0 Å². The fraction of sp³-hybridized carbons (Fsp3) is 0.538. The van der Waals surface area contributed by atoms with Gasteiger partial charge in [-0.25, -0.2) is 0 Å². The zero-order valence-corrected chi connectivity index (χ0v) is 9.29. The first-order chi connectivity index (χ1) is 7.29. The van der Waals surface area contributed by atoms with Crippen molar-refractivity contribution in [3.8, 4) is 0 Å². The van der Waals surface area contributed by atoms with Gasteiger partial charge in [-0.05, 0) is 36.5 Å². The first-order valence-corrected chi connectivity index (χ1v) is 5.83. The Bertz CT molecular complexity index is 335. The van der Waals surface area contributed by atoms with E-state index in [2.05, 4.69) is 30.4 Å². The zero-order chi connectivity index (χ0) is 10.7. The van der Waals surface area contributed by atoms with Crippen LogP contribution in [0.3, 0.4) is 0 Å². The van der Waals surface area contributed by atoms with Gasteiger partial charge >= 0.3 is 0 Å². The van der Waals surface area contributed by atoms with Gasteiger partial charge < -0.3 is 10.4 Å². The van der Waals surface area contributed by atoms with E-state index in [4.69, 9.17) is 0 Å². The smallest absolute Gasteiger partial charge is 0.0580 e. The second-order valence-corrected chi connectivity index (χ2v) is 4.31. The zero-order valence-electron chi connectivity index (χ0n) is 9.29. The quantitative estimate of drug-likeness (QED) is 0.791. The molecule has 0 spiro atoms. The van der Waals surface area contributed by atoms with Gasteiger partial charge in [0.1, 0.15) is 0 Å². The van der Waals surface area contributed by atoms with Crippen LogP contribution in [-0.2, 0) is 12.8 Å². The topological polar surface area (TPSA) is 32.3 Å². The highest BCUT2D eigenvalue weighted by Crippen LogP contribution is 2.24. The molecular weight excluding hydrogens is 186 g/mol. The summed E-state index contributed by atoms with van der Waals surface area (Å²) in [6.45, 7) is 3.16. The van der Waals surface area contributed by atoms with E-state index in [1.54, 1.807) is 0 Å². The predicted octanol–water partition coefficient (Wildman–Crippen LogP) is 2.36. The van der Waals surface area contributed by atoms with Crippen LogP contribution >= 0.6 is 0 Å². The Kier molecular flexibility index (Phi) is 3.27. The molecule has 0 fully saturated rings. The highest BCUT2D eigenvalue weighted by molar-refractivity contribution is 5.57. The number of fused-ring (bicyclic) bond motifs is 1. The minimum absolute atomic E-state index is 0.186. The molecule has 1 heterocycles. The second kappa shape index (κ2) is 4.67. The molecule has 0 radical (unpaired) electrons. The summed E-state index contributed by atoms with van der Waals surface area (Å²) in [4.78, 5) is 0. The van der Waals surface area contributed by atoms with Crippen molar-refractivity contribution < 1.29 is 5.11 Å². The largest absolute Gasteiger partial charge is 0.393 e. The Morgan fingerprint density at radius 2 is 2.33 bits per heavy atom. The van der Waals surface area contributed by atoms with Crippen LogP contribution < -0.4 is 5.32 Å². The molecule has 0 saturated heterocycles. The molecule has 2 nitrogen and oxygen atoms in total. The van der Waals surface area contributed by atoms with Crippen LogP contribution in [0.2, 0.25) is 0 Å². The predicted molar refractivity (Wildman–Crippen MR) is 63.3 cm³/mol. The van der Waals surface area contributed by atoms with Crippen LogP contribution in [0.5, 0.6) is 0 Å². The first-order valence-electron chi connectivity index (χ1n) is 5.83. The summed E-state index contributed by atoms with van der Waals surface area (Å²) in [7, 11) is 0.